The molecule has 0 radical (unpaired) electrons. The van der Waals surface area contributed by atoms with Crippen LogP contribution in [0.15, 0.2) is 24.3 Å². The third kappa shape index (κ3) is 5.87. The van der Waals surface area contributed by atoms with Gasteiger partial charge in [0.15, 0.2) is 0 Å². The highest BCUT2D eigenvalue weighted by Gasteiger charge is 2.32. The quantitative estimate of drug-likeness (QED) is 0.393. The first-order chi connectivity index (χ1) is 15.2. The van der Waals surface area contributed by atoms with Crippen LogP contribution in [0.5, 0.6) is 0 Å². The number of rotatable bonds is 10. The summed E-state index contributed by atoms with van der Waals surface area (Å²) >= 11 is 6.35. The first-order valence-corrected chi connectivity index (χ1v) is 11.7. The van der Waals surface area contributed by atoms with Gasteiger partial charge in [0, 0.05) is 35.9 Å². The second kappa shape index (κ2) is 10.3. The van der Waals surface area contributed by atoms with E-state index in [1.165, 1.54) is 18.9 Å². The fraction of sp³-hybridized carbons (Fsp3) is 0.542. The van der Waals surface area contributed by atoms with Crippen LogP contribution in [0.3, 0.4) is 0 Å². The highest BCUT2D eigenvalue weighted by atomic mass is 35.5. The molecule has 0 spiro atoms. The number of nitrogens with one attached hydrogen (secondary N) is 1. The molecule has 1 aromatic heterocycles. The number of nitrogens with zero attached hydrogens (tertiary/aromatic N) is 2. The number of hydrazine groups is 1. The predicted octanol–water partition coefficient (Wildman–Crippen LogP) is 6.70. The van der Waals surface area contributed by atoms with Crippen LogP contribution in [0.4, 0.5) is 13.2 Å². The summed E-state index contributed by atoms with van der Waals surface area (Å²) < 4.78 is 42.0. The molecular formula is C24H31ClF3N3O. The van der Waals surface area contributed by atoms with E-state index in [9.17, 15) is 18.0 Å². The Labute approximate surface area is 192 Å². The Hall–Kier alpha value is -1.99. The van der Waals surface area contributed by atoms with Crippen LogP contribution in [-0.2, 0) is 12.7 Å². The lowest BCUT2D eigenvalue weighted by molar-refractivity contribution is -0.137. The van der Waals surface area contributed by atoms with Crippen molar-refractivity contribution in [2.24, 2.45) is 5.92 Å². The summed E-state index contributed by atoms with van der Waals surface area (Å²) in [5.41, 5.74) is 4.24. The predicted molar refractivity (Wildman–Crippen MR) is 122 cm³/mol. The minimum absolute atomic E-state index is 0.230. The third-order valence-electron chi connectivity index (χ3n) is 5.89. The van der Waals surface area contributed by atoms with Crippen molar-refractivity contribution in [1.29, 1.82) is 0 Å². The normalized spacial score (nSPS) is 14.2. The first-order valence-electron chi connectivity index (χ1n) is 11.3. The van der Waals surface area contributed by atoms with Crippen LogP contribution < -0.4 is 5.43 Å². The van der Waals surface area contributed by atoms with Crippen LogP contribution in [0.25, 0.3) is 11.3 Å². The van der Waals surface area contributed by atoms with Gasteiger partial charge in [-0.2, -0.15) is 13.2 Å². The zero-order chi connectivity index (χ0) is 23.5. The summed E-state index contributed by atoms with van der Waals surface area (Å²) in [6.45, 7) is 8.03. The summed E-state index contributed by atoms with van der Waals surface area (Å²) in [7, 11) is 0. The molecule has 8 heteroatoms. The van der Waals surface area contributed by atoms with Gasteiger partial charge >= 0.3 is 6.18 Å². The molecule has 2 aromatic rings. The maximum absolute atomic E-state index is 13.4. The van der Waals surface area contributed by atoms with Crippen LogP contribution in [0.1, 0.15) is 67.6 Å². The average molecular weight is 470 g/mol. The maximum atomic E-state index is 13.4. The van der Waals surface area contributed by atoms with Crippen LogP contribution in [0.2, 0.25) is 5.02 Å². The van der Waals surface area contributed by atoms with Gasteiger partial charge in [-0.05, 0) is 56.4 Å². The lowest BCUT2D eigenvalue weighted by Gasteiger charge is -2.22. The van der Waals surface area contributed by atoms with E-state index in [-0.39, 0.29) is 10.9 Å². The molecule has 0 unspecified atom stereocenters. The number of benzene rings is 1. The van der Waals surface area contributed by atoms with E-state index in [1.54, 1.807) is 6.07 Å². The summed E-state index contributed by atoms with van der Waals surface area (Å²) in [6, 6.07) is 5.01. The molecule has 1 aromatic carbocycles. The molecule has 3 rings (SSSR count). The number of hydrogen-bond donors (Lipinski definition) is 1. The van der Waals surface area contributed by atoms with Gasteiger partial charge in [-0.15, -0.1) is 0 Å². The van der Waals surface area contributed by atoms with E-state index in [0.717, 1.165) is 50.2 Å². The van der Waals surface area contributed by atoms with Crippen molar-refractivity contribution in [3.8, 4) is 11.3 Å². The highest BCUT2D eigenvalue weighted by Crippen LogP contribution is 2.39. The van der Waals surface area contributed by atoms with Crippen molar-refractivity contribution < 1.29 is 18.0 Å². The van der Waals surface area contributed by atoms with Gasteiger partial charge in [0.1, 0.15) is 0 Å². The molecule has 0 aliphatic heterocycles. The SMILES string of the molecule is CCCN(CCC)NC(=O)c1cc(-c2cc(C(F)(F)F)ccc2Cl)n(CCC2CC2)c1C. The summed E-state index contributed by atoms with van der Waals surface area (Å²) in [4.78, 5) is 13.1. The van der Waals surface area contributed by atoms with Crippen LogP contribution >= 0.6 is 11.6 Å². The van der Waals surface area contributed by atoms with Gasteiger partial charge in [-0.1, -0.05) is 38.3 Å². The molecule has 1 amide bonds. The minimum Gasteiger partial charge on any atom is -0.344 e. The fourth-order valence-electron chi connectivity index (χ4n) is 3.97. The Balaban J connectivity index is 2.01. The number of carbonyl (C=O) groups excluding carboxylic acids is 1. The Morgan fingerprint density at radius 3 is 2.41 bits per heavy atom. The van der Waals surface area contributed by atoms with Crippen molar-refractivity contribution in [1.82, 2.24) is 15.0 Å². The molecule has 4 nitrogen and oxygen atoms in total. The van der Waals surface area contributed by atoms with E-state index < -0.39 is 11.7 Å². The number of carbonyl (C=O) groups is 1. The molecule has 0 atom stereocenters. The topological polar surface area (TPSA) is 37.3 Å². The minimum atomic E-state index is -4.47. The number of amides is 1. The van der Waals surface area contributed by atoms with E-state index in [0.29, 0.717) is 29.3 Å². The smallest absolute Gasteiger partial charge is 0.344 e. The molecule has 1 saturated carbocycles. The van der Waals surface area contributed by atoms with Crippen molar-refractivity contribution in [3.05, 3.63) is 46.1 Å². The van der Waals surface area contributed by atoms with E-state index in [1.807, 2.05) is 30.3 Å². The summed E-state index contributed by atoms with van der Waals surface area (Å²) in [5, 5.41) is 2.12. The third-order valence-corrected chi connectivity index (χ3v) is 6.21. The molecule has 1 heterocycles. The largest absolute Gasteiger partial charge is 0.416 e. The Morgan fingerprint density at radius 1 is 1.19 bits per heavy atom. The summed E-state index contributed by atoms with van der Waals surface area (Å²) in [6.07, 6.45) is 0.602. The molecule has 1 fully saturated rings. The van der Waals surface area contributed by atoms with E-state index in [4.69, 9.17) is 11.6 Å². The van der Waals surface area contributed by atoms with Crippen molar-refractivity contribution in [2.45, 2.75) is 65.6 Å². The van der Waals surface area contributed by atoms with Crippen molar-refractivity contribution in [3.63, 3.8) is 0 Å². The molecule has 0 bridgehead atoms. The molecule has 0 saturated heterocycles. The van der Waals surface area contributed by atoms with Gasteiger partial charge in [0.05, 0.1) is 16.8 Å². The van der Waals surface area contributed by atoms with E-state index >= 15 is 0 Å². The van der Waals surface area contributed by atoms with Crippen LogP contribution in [-0.4, -0.2) is 28.6 Å². The second-order valence-corrected chi connectivity index (χ2v) is 8.94. The molecule has 176 valence electrons. The fourth-order valence-corrected chi connectivity index (χ4v) is 4.18. The Kier molecular flexibility index (Phi) is 7.93. The average Bonchev–Trinajstić information content (AvgIpc) is 3.49. The molecular weight excluding hydrogens is 439 g/mol. The van der Waals surface area contributed by atoms with Crippen molar-refractivity contribution >= 4 is 17.5 Å². The summed E-state index contributed by atoms with van der Waals surface area (Å²) in [5.74, 6) is 0.391. The van der Waals surface area contributed by atoms with Gasteiger partial charge in [0.25, 0.3) is 5.91 Å². The Morgan fingerprint density at radius 2 is 1.84 bits per heavy atom. The zero-order valence-electron chi connectivity index (χ0n) is 18.9. The zero-order valence-corrected chi connectivity index (χ0v) is 19.6. The number of alkyl halides is 3. The Bertz CT molecular complexity index is 945. The highest BCUT2D eigenvalue weighted by molar-refractivity contribution is 6.33. The maximum Gasteiger partial charge on any atom is 0.416 e. The van der Waals surface area contributed by atoms with Gasteiger partial charge in [-0.3, -0.25) is 10.2 Å². The first kappa shape index (κ1) is 24.6. The number of halogens is 4. The van der Waals surface area contributed by atoms with Gasteiger partial charge in [0.2, 0.25) is 0 Å². The molecule has 1 aliphatic rings. The molecule has 32 heavy (non-hydrogen) atoms. The monoisotopic (exact) mass is 469 g/mol. The molecule has 1 aliphatic carbocycles. The number of aromatic nitrogens is 1. The molecule has 1 N–H and O–H groups in total. The number of hydrogen-bond acceptors (Lipinski definition) is 2. The lowest BCUT2D eigenvalue weighted by Crippen LogP contribution is -2.43. The van der Waals surface area contributed by atoms with E-state index in [2.05, 4.69) is 5.43 Å². The standard InChI is InChI=1S/C24H31ClF3N3O/c1-4-11-30(12-5-2)29-23(32)19-15-22(31(16(19)3)13-10-17-6-7-17)20-14-18(24(26,27)28)8-9-21(20)25/h8-9,14-15,17H,4-7,10-13H2,1-3H3,(H,29,32). The lowest BCUT2D eigenvalue weighted by atomic mass is 10.1. The van der Waals surface area contributed by atoms with Gasteiger partial charge in [-0.25, -0.2) is 5.01 Å². The van der Waals surface area contributed by atoms with Gasteiger partial charge < -0.3 is 4.57 Å². The van der Waals surface area contributed by atoms with Crippen LogP contribution in [0, 0.1) is 12.8 Å². The second-order valence-electron chi connectivity index (χ2n) is 8.53. The van der Waals surface area contributed by atoms with Crippen molar-refractivity contribution in [2.75, 3.05) is 13.1 Å².